The Morgan fingerprint density at radius 1 is 0.273 bits per heavy atom. The number of rotatable bonds is 7. The molecule has 0 aliphatic rings. The maximum atomic E-state index is 6.08. The molecule has 0 bridgehead atoms. The predicted molar refractivity (Wildman–Crippen MR) is 318 cm³/mol. The van der Waals surface area contributed by atoms with Crippen LogP contribution < -0.4 is 0 Å². The minimum absolute atomic E-state index is 0. The second-order valence-corrected chi connectivity index (χ2v) is 19.8. The number of para-hydroxylation sites is 3. The van der Waals surface area contributed by atoms with Crippen LogP contribution in [0.4, 0.5) is 4.70 Å². The van der Waals surface area contributed by atoms with Crippen LogP contribution in [0.1, 0.15) is 0 Å². The lowest BCUT2D eigenvalue weighted by atomic mass is 10.0. The Kier molecular flexibility index (Phi) is 12.1. The van der Waals surface area contributed by atoms with Gasteiger partial charge < -0.3 is 13.4 Å². The van der Waals surface area contributed by atoms with Gasteiger partial charge >= 0.3 is 0 Å². The summed E-state index contributed by atoms with van der Waals surface area (Å²) in [5.41, 5.74) is 16.9. The van der Waals surface area contributed by atoms with E-state index in [4.69, 9.17) is 23.8 Å². The fourth-order valence-corrected chi connectivity index (χ4v) is 10.7. The van der Waals surface area contributed by atoms with E-state index in [2.05, 4.69) is 184 Å². The SMILES string of the molecule is Brc1ccc(-c2ccc3oc4ccccc4c3c2)cc1.F.c1ccc(-c2nc(-c3ccccc3)nc(-c3cccc(-c4ccc5c(c4)c4ccccc4n5-c4ccc(-c5ccc6oc7ccccc7c6c5)cc4)c3)n2)cc1. The van der Waals surface area contributed by atoms with Crippen molar-refractivity contribution in [2.75, 3.05) is 0 Å². The van der Waals surface area contributed by atoms with E-state index in [1.807, 2.05) is 97.1 Å². The summed E-state index contributed by atoms with van der Waals surface area (Å²) in [5.74, 6) is 1.93. The van der Waals surface area contributed by atoms with Gasteiger partial charge in [0.15, 0.2) is 17.5 Å². The summed E-state index contributed by atoms with van der Waals surface area (Å²) < 4.78 is 15.4. The predicted octanol–water partition coefficient (Wildman–Crippen LogP) is 19.4. The minimum atomic E-state index is 0. The molecule has 0 aliphatic heterocycles. The number of hydrogen-bond donors (Lipinski definition) is 0. The summed E-state index contributed by atoms with van der Waals surface area (Å²) in [5, 5.41) is 7.01. The van der Waals surface area contributed by atoms with Crippen LogP contribution in [0.25, 0.3) is 139 Å². The van der Waals surface area contributed by atoms with Gasteiger partial charge in [-0.2, -0.15) is 0 Å². The van der Waals surface area contributed by atoms with Crippen LogP contribution in [0.2, 0.25) is 0 Å². The summed E-state index contributed by atoms with van der Waals surface area (Å²) in [6.07, 6.45) is 0. The van der Waals surface area contributed by atoms with Crippen molar-refractivity contribution in [2.24, 2.45) is 0 Å². The Hall–Kier alpha value is -9.76. The second-order valence-electron chi connectivity index (χ2n) is 18.9. The van der Waals surface area contributed by atoms with Crippen LogP contribution in [0.15, 0.2) is 274 Å². The number of fused-ring (bicyclic) bond motifs is 9. The molecule has 0 saturated heterocycles. The van der Waals surface area contributed by atoms with Gasteiger partial charge in [-0.3, -0.25) is 4.70 Å². The molecule has 11 aromatic carbocycles. The third kappa shape index (κ3) is 8.80. The molecule has 0 unspecified atom stereocenters. The van der Waals surface area contributed by atoms with E-state index in [1.165, 1.54) is 38.2 Å². The highest BCUT2D eigenvalue weighted by molar-refractivity contribution is 9.10. The van der Waals surface area contributed by atoms with E-state index in [9.17, 15) is 0 Å². The number of furan rings is 2. The topological polar surface area (TPSA) is 69.9 Å². The van der Waals surface area contributed by atoms with E-state index >= 15 is 0 Å². The summed E-state index contributed by atoms with van der Waals surface area (Å²) in [6, 6.07) is 90.5. The molecule has 77 heavy (non-hydrogen) atoms. The molecule has 6 nitrogen and oxygen atoms in total. The first-order chi connectivity index (χ1) is 37.5. The van der Waals surface area contributed by atoms with Crippen molar-refractivity contribution in [3.63, 3.8) is 0 Å². The maximum absolute atomic E-state index is 6.08. The van der Waals surface area contributed by atoms with Crippen molar-refractivity contribution in [3.05, 3.63) is 265 Å². The molecule has 8 heteroatoms. The first-order valence-electron chi connectivity index (χ1n) is 25.2. The van der Waals surface area contributed by atoms with Gasteiger partial charge in [0.1, 0.15) is 22.3 Å². The van der Waals surface area contributed by atoms with Gasteiger partial charge in [0.25, 0.3) is 0 Å². The van der Waals surface area contributed by atoms with E-state index in [1.54, 1.807) is 0 Å². The zero-order valence-corrected chi connectivity index (χ0v) is 42.8. The Morgan fingerprint density at radius 3 is 1.25 bits per heavy atom. The molecule has 15 aromatic rings. The van der Waals surface area contributed by atoms with Crippen molar-refractivity contribution < 1.29 is 13.5 Å². The Balaban J connectivity index is 0.000000225. The molecule has 0 aliphatic carbocycles. The van der Waals surface area contributed by atoms with Crippen LogP contribution in [0, 0.1) is 0 Å². The van der Waals surface area contributed by atoms with Crippen LogP contribution in [-0.2, 0) is 0 Å². The lowest BCUT2D eigenvalue weighted by Gasteiger charge is -2.11. The minimum Gasteiger partial charge on any atom is -0.456 e. The third-order valence-electron chi connectivity index (χ3n) is 14.2. The molecule has 0 saturated carbocycles. The van der Waals surface area contributed by atoms with Crippen molar-refractivity contribution in [2.45, 2.75) is 0 Å². The first-order valence-corrected chi connectivity index (χ1v) is 26.0. The molecule has 4 heterocycles. The third-order valence-corrected chi connectivity index (χ3v) is 14.7. The Bertz CT molecular complexity index is 4590. The second kappa shape index (κ2) is 19.8. The zero-order chi connectivity index (χ0) is 50.5. The molecular formula is C69H44BrFN4O2. The van der Waals surface area contributed by atoms with Gasteiger partial charge in [-0.05, 0) is 118 Å². The molecule has 15 rings (SSSR count). The van der Waals surface area contributed by atoms with Gasteiger partial charge in [0.05, 0.1) is 11.0 Å². The quantitative estimate of drug-likeness (QED) is 0.159. The largest absolute Gasteiger partial charge is 0.456 e. The molecule has 0 N–H and O–H groups in total. The molecule has 0 fully saturated rings. The molecule has 0 spiro atoms. The van der Waals surface area contributed by atoms with E-state index < -0.39 is 0 Å². The van der Waals surface area contributed by atoms with Crippen LogP contribution in [0.5, 0.6) is 0 Å². The van der Waals surface area contributed by atoms with Crippen LogP contribution in [-0.4, -0.2) is 19.5 Å². The van der Waals surface area contributed by atoms with Crippen molar-refractivity contribution in [1.82, 2.24) is 19.5 Å². The summed E-state index contributed by atoms with van der Waals surface area (Å²) in [7, 11) is 0. The Labute approximate surface area is 450 Å². The standard InChI is InChI=1S/C51H32N4O.C18H11BrO.FH/c1-3-12-34(13-4-1)49-52-50(35-14-5-2-6-15-35)54-51(53-49)39-17-11-16-36(30-39)38-24-28-46-43(31-38)41-18-7-9-20-45(41)55(46)40-26-22-33(23-27-40)37-25-29-48-44(32-37)42-19-8-10-21-47(42)56-48;19-14-8-5-12(6-9-14)13-7-10-18-16(11-13)15-3-1-2-4-17(15)20-18;/h1-32H;1-11H;1H. The first kappa shape index (κ1) is 47.0. The molecule has 0 radical (unpaired) electrons. The molecule has 366 valence electrons. The zero-order valence-electron chi connectivity index (χ0n) is 41.2. The smallest absolute Gasteiger partial charge is 0.164 e. The molecular weight excluding hydrogens is 1020 g/mol. The van der Waals surface area contributed by atoms with Crippen LogP contribution >= 0.6 is 15.9 Å². The molecule has 0 atom stereocenters. The molecule has 4 aromatic heterocycles. The number of halogens is 2. The number of nitrogens with zero attached hydrogens (tertiary/aromatic N) is 4. The van der Waals surface area contributed by atoms with Crippen molar-refractivity contribution in [1.29, 1.82) is 0 Å². The van der Waals surface area contributed by atoms with E-state index in [-0.39, 0.29) is 4.70 Å². The highest BCUT2D eigenvalue weighted by atomic mass is 79.9. The highest BCUT2D eigenvalue weighted by Crippen LogP contribution is 2.38. The van der Waals surface area contributed by atoms with Gasteiger partial charge in [-0.15, -0.1) is 0 Å². The van der Waals surface area contributed by atoms with Gasteiger partial charge in [-0.1, -0.05) is 192 Å². The van der Waals surface area contributed by atoms with Crippen LogP contribution in [0.3, 0.4) is 0 Å². The summed E-state index contributed by atoms with van der Waals surface area (Å²) in [6.45, 7) is 0. The van der Waals surface area contributed by atoms with Gasteiger partial charge in [0.2, 0.25) is 0 Å². The van der Waals surface area contributed by atoms with E-state index in [0.717, 1.165) is 87.7 Å². The van der Waals surface area contributed by atoms with Crippen molar-refractivity contribution >= 4 is 81.6 Å². The summed E-state index contributed by atoms with van der Waals surface area (Å²) in [4.78, 5) is 14.8. The fourth-order valence-electron chi connectivity index (χ4n) is 10.5. The lowest BCUT2D eigenvalue weighted by Crippen LogP contribution is -2.00. The fraction of sp³-hybridized carbons (Fsp3) is 0. The highest BCUT2D eigenvalue weighted by Gasteiger charge is 2.17. The number of hydrogen-bond acceptors (Lipinski definition) is 5. The lowest BCUT2D eigenvalue weighted by molar-refractivity contribution is 0.668. The van der Waals surface area contributed by atoms with Crippen molar-refractivity contribution in [3.8, 4) is 73.2 Å². The monoisotopic (exact) mass is 1060 g/mol. The maximum Gasteiger partial charge on any atom is 0.164 e. The average Bonchev–Trinajstić information content (AvgIpc) is 4.29. The number of benzene rings is 11. The van der Waals surface area contributed by atoms with Gasteiger partial charge in [0, 0.05) is 59.2 Å². The molecule has 0 amide bonds. The Morgan fingerprint density at radius 2 is 0.662 bits per heavy atom. The van der Waals surface area contributed by atoms with Gasteiger partial charge in [-0.25, -0.2) is 15.0 Å². The average molecular weight is 1060 g/mol. The number of aromatic nitrogens is 4. The summed E-state index contributed by atoms with van der Waals surface area (Å²) >= 11 is 3.47. The normalized spacial score (nSPS) is 11.3. The van der Waals surface area contributed by atoms with E-state index in [0.29, 0.717) is 17.5 Å².